The Bertz CT molecular complexity index is 71.6. The standard InChI is InChI=1S/Al.H3O4P.2H/c;1-5(2,3)4;;/h;(H3,1,2,3,4);;/q+1;;;/p-1. The summed E-state index contributed by atoms with van der Waals surface area (Å²) in [6.07, 6.45) is 0. The normalized spacial score (nSPS) is 11.7. The molecule has 6 heteroatoms. The van der Waals surface area contributed by atoms with E-state index in [0.717, 1.165) is 0 Å². The second-order valence-electron chi connectivity index (χ2n) is 0.673. The average Bonchev–Trinajstić information content (AvgIpc) is 1.35. The van der Waals surface area contributed by atoms with E-state index in [1.807, 2.05) is 0 Å². The molecule has 0 aliphatic rings. The molecule has 0 unspecified atom stereocenters. The number of hydrogen-bond acceptors (Lipinski definition) is 2. The average molecular weight is 126 g/mol. The van der Waals surface area contributed by atoms with E-state index in [0.29, 0.717) is 0 Å². The summed E-state index contributed by atoms with van der Waals surface area (Å²) in [5.41, 5.74) is 0. The zero-order valence-electron chi connectivity index (χ0n) is 3.16. The molecule has 0 aliphatic carbocycles. The molecule has 36 valence electrons. The number of rotatable bonds is 1. The molecule has 0 aromatic heterocycles. The van der Waals surface area contributed by atoms with Crippen molar-refractivity contribution >= 4 is 24.4 Å². The first-order chi connectivity index (χ1) is 2.56. The van der Waals surface area contributed by atoms with E-state index in [4.69, 9.17) is 9.79 Å². The molecular formula is H4AlO4P. The van der Waals surface area contributed by atoms with Crippen molar-refractivity contribution in [2.75, 3.05) is 0 Å². The van der Waals surface area contributed by atoms with Gasteiger partial charge in [0.25, 0.3) is 0 Å². The zero-order valence-corrected chi connectivity index (χ0v) is 6.05. The lowest BCUT2D eigenvalue weighted by Crippen LogP contribution is -1.78. The molecule has 6 heavy (non-hydrogen) atoms. The Hall–Kier alpha value is 0.642. The lowest BCUT2D eigenvalue weighted by atomic mass is 15.7. The SMILES string of the molecule is O=P(O)(O)[O][AlH2]. The van der Waals surface area contributed by atoms with Gasteiger partial charge in [-0.25, -0.2) is 4.57 Å². The summed E-state index contributed by atoms with van der Waals surface area (Å²) < 4.78 is 13.2. The Morgan fingerprint density at radius 3 is 1.83 bits per heavy atom. The van der Waals surface area contributed by atoms with Gasteiger partial charge in [-0.2, -0.15) is 0 Å². The molecule has 0 heterocycles. The zero-order chi connectivity index (χ0) is 5.21. The van der Waals surface area contributed by atoms with Crippen LogP contribution in [0.1, 0.15) is 0 Å². The molecular weight excluding hydrogens is 122 g/mol. The van der Waals surface area contributed by atoms with Crippen molar-refractivity contribution in [1.29, 1.82) is 0 Å². The summed E-state index contributed by atoms with van der Waals surface area (Å²) in [5.74, 6) is 0. The molecule has 0 saturated carbocycles. The topological polar surface area (TPSA) is 66.8 Å². The van der Waals surface area contributed by atoms with Crippen LogP contribution in [0.25, 0.3) is 0 Å². The van der Waals surface area contributed by atoms with E-state index in [1.165, 1.54) is 0 Å². The van der Waals surface area contributed by atoms with E-state index in [2.05, 4.69) is 3.58 Å². The van der Waals surface area contributed by atoms with Crippen molar-refractivity contribution in [2.24, 2.45) is 0 Å². The highest BCUT2D eigenvalue weighted by atomic mass is 31.2. The molecule has 4 nitrogen and oxygen atoms in total. The Balaban J connectivity index is 3.48. The summed E-state index contributed by atoms with van der Waals surface area (Å²) >= 11 is 0.0849. The quantitative estimate of drug-likeness (QED) is 0.336. The van der Waals surface area contributed by atoms with Crippen molar-refractivity contribution < 1.29 is 17.9 Å². The summed E-state index contributed by atoms with van der Waals surface area (Å²) in [7, 11) is -4.08. The van der Waals surface area contributed by atoms with Gasteiger partial charge in [0, 0.05) is 0 Å². The highest BCUT2D eigenvalue weighted by molar-refractivity contribution is 7.47. The van der Waals surface area contributed by atoms with Crippen molar-refractivity contribution in [1.82, 2.24) is 0 Å². The number of hydrogen-bond donors (Lipinski definition) is 2. The van der Waals surface area contributed by atoms with E-state index in [-0.39, 0.29) is 16.6 Å². The highest BCUT2D eigenvalue weighted by Gasteiger charge is 2.05. The fourth-order valence-electron chi connectivity index (χ4n) is 0. The second-order valence-corrected chi connectivity index (χ2v) is 3.11. The van der Waals surface area contributed by atoms with Gasteiger partial charge >= 0.3 is 24.4 Å². The molecule has 0 aromatic carbocycles. The van der Waals surface area contributed by atoms with Crippen LogP contribution < -0.4 is 0 Å². The largest absolute Gasteiger partial charge is 0.441 e. The fraction of sp³-hybridized carbons (Fsp3) is 0. The Labute approximate surface area is 43.1 Å². The van der Waals surface area contributed by atoms with Crippen LogP contribution in [0.3, 0.4) is 0 Å². The molecule has 0 saturated heterocycles. The molecule has 0 radical (unpaired) electrons. The van der Waals surface area contributed by atoms with E-state index >= 15 is 0 Å². The molecule has 0 fully saturated rings. The summed E-state index contributed by atoms with van der Waals surface area (Å²) in [6.45, 7) is 0. The maximum absolute atomic E-state index is 9.51. The van der Waals surface area contributed by atoms with Gasteiger partial charge < -0.3 is 13.4 Å². The second kappa shape index (κ2) is 2.08. The molecule has 2 N–H and O–H groups in total. The predicted molar refractivity (Wildman–Crippen MR) is 21.7 cm³/mol. The van der Waals surface area contributed by atoms with Gasteiger partial charge in [0.15, 0.2) is 0 Å². The third kappa shape index (κ3) is 4.64. The van der Waals surface area contributed by atoms with Crippen LogP contribution in [0.4, 0.5) is 0 Å². The highest BCUT2D eigenvalue weighted by Crippen LogP contribution is 2.33. The third-order valence-corrected chi connectivity index (χ3v) is 2.14. The van der Waals surface area contributed by atoms with Crippen molar-refractivity contribution in [3.8, 4) is 0 Å². The van der Waals surface area contributed by atoms with Crippen LogP contribution in [0.2, 0.25) is 0 Å². The summed E-state index contributed by atoms with van der Waals surface area (Å²) in [4.78, 5) is 15.5. The minimum Gasteiger partial charge on any atom is -0.423 e. The monoisotopic (exact) mass is 126 g/mol. The Kier molecular flexibility index (Phi) is 2.31. The molecule has 0 rings (SSSR count). The lowest BCUT2D eigenvalue weighted by molar-refractivity contribution is 0.292. The first-order valence-electron chi connectivity index (χ1n) is 1.17. The number of phosphoric acid groups is 1. The first-order valence-corrected chi connectivity index (χ1v) is 3.52. The Morgan fingerprint density at radius 2 is 1.83 bits per heavy atom. The van der Waals surface area contributed by atoms with E-state index < -0.39 is 7.82 Å². The van der Waals surface area contributed by atoms with Crippen molar-refractivity contribution in [3.05, 3.63) is 0 Å². The fourth-order valence-corrected chi connectivity index (χ4v) is 0. The molecule has 0 aromatic rings. The van der Waals surface area contributed by atoms with Gasteiger partial charge in [-0.3, -0.25) is 0 Å². The van der Waals surface area contributed by atoms with Crippen molar-refractivity contribution in [3.63, 3.8) is 0 Å². The van der Waals surface area contributed by atoms with Crippen LogP contribution in [0, 0.1) is 0 Å². The van der Waals surface area contributed by atoms with Gasteiger partial charge in [0.1, 0.15) is 0 Å². The molecule has 0 aliphatic heterocycles. The maximum Gasteiger partial charge on any atom is 0.441 e. The minimum atomic E-state index is -4.08. The molecule has 0 spiro atoms. The van der Waals surface area contributed by atoms with Crippen LogP contribution in [-0.4, -0.2) is 26.4 Å². The van der Waals surface area contributed by atoms with Gasteiger partial charge in [-0.1, -0.05) is 0 Å². The maximum atomic E-state index is 9.51. The lowest BCUT2D eigenvalue weighted by Gasteiger charge is -1.96. The van der Waals surface area contributed by atoms with Gasteiger partial charge in [-0.05, 0) is 0 Å². The van der Waals surface area contributed by atoms with Gasteiger partial charge in [0.05, 0.1) is 0 Å². The van der Waals surface area contributed by atoms with E-state index in [1.54, 1.807) is 0 Å². The van der Waals surface area contributed by atoms with E-state index in [9.17, 15) is 4.57 Å². The first kappa shape index (κ1) is 6.64. The third-order valence-electron chi connectivity index (χ3n) is 0.238. The van der Waals surface area contributed by atoms with Gasteiger partial charge in [0.2, 0.25) is 0 Å². The van der Waals surface area contributed by atoms with Crippen LogP contribution in [-0.2, 0) is 8.14 Å². The van der Waals surface area contributed by atoms with Gasteiger partial charge in [-0.15, -0.1) is 0 Å². The molecule has 0 amide bonds. The minimum absolute atomic E-state index is 0.0849. The van der Waals surface area contributed by atoms with Crippen LogP contribution >= 0.6 is 7.82 Å². The smallest absolute Gasteiger partial charge is 0.423 e. The van der Waals surface area contributed by atoms with Crippen LogP contribution in [0.5, 0.6) is 0 Å². The summed E-state index contributed by atoms with van der Waals surface area (Å²) in [5, 5.41) is 0. The summed E-state index contributed by atoms with van der Waals surface area (Å²) in [6, 6.07) is 0. The Morgan fingerprint density at radius 1 is 1.67 bits per heavy atom. The molecule has 0 atom stereocenters. The predicted octanol–water partition coefficient (Wildman–Crippen LogP) is -1.36. The van der Waals surface area contributed by atoms with Crippen molar-refractivity contribution in [2.45, 2.75) is 0 Å². The molecule has 0 bridgehead atoms. The van der Waals surface area contributed by atoms with Crippen LogP contribution in [0.15, 0.2) is 0 Å².